The summed E-state index contributed by atoms with van der Waals surface area (Å²) in [6.45, 7) is 7.22. The Morgan fingerprint density at radius 3 is 2.60 bits per heavy atom. The zero-order valence-electron chi connectivity index (χ0n) is 17.3. The Morgan fingerprint density at radius 1 is 1.17 bits per heavy atom. The molecule has 0 unspecified atom stereocenters. The maximum Gasteiger partial charge on any atom is 0.359 e. The molecule has 0 aliphatic carbocycles. The number of esters is 1. The number of halogens is 1. The van der Waals surface area contributed by atoms with Crippen LogP contribution in [0.5, 0.6) is 0 Å². The summed E-state index contributed by atoms with van der Waals surface area (Å²) in [5.41, 5.74) is 4.32. The number of aromatic nitrogens is 3. The van der Waals surface area contributed by atoms with Gasteiger partial charge in [0.15, 0.2) is 18.1 Å². The van der Waals surface area contributed by atoms with Crippen molar-refractivity contribution in [3.05, 3.63) is 69.6 Å². The van der Waals surface area contributed by atoms with Gasteiger partial charge in [0.1, 0.15) is 0 Å². The van der Waals surface area contributed by atoms with E-state index in [9.17, 15) is 9.59 Å². The molecule has 30 heavy (non-hydrogen) atoms. The molecule has 3 aromatic rings. The Hall–Kier alpha value is -3.19. The summed E-state index contributed by atoms with van der Waals surface area (Å²) >= 11 is 6.14. The molecule has 2 heterocycles. The van der Waals surface area contributed by atoms with Gasteiger partial charge < -0.3 is 10.1 Å². The average molecular weight is 427 g/mol. The number of nitrogens with zero attached hydrogens (tertiary/aromatic N) is 3. The van der Waals surface area contributed by atoms with E-state index >= 15 is 0 Å². The van der Waals surface area contributed by atoms with Gasteiger partial charge in [0, 0.05) is 11.4 Å². The predicted molar refractivity (Wildman–Crippen MR) is 115 cm³/mol. The van der Waals surface area contributed by atoms with Gasteiger partial charge in [-0.15, -0.1) is 0 Å². The average Bonchev–Trinajstić information content (AvgIpc) is 3.06. The molecule has 7 nitrogen and oxygen atoms in total. The number of rotatable bonds is 6. The van der Waals surface area contributed by atoms with Crippen molar-refractivity contribution >= 4 is 29.2 Å². The third kappa shape index (κ3) is 4.68. The van der Waals surface area contributed by atoms with Crippen LogP contribution in [-0.4, -0.2) is 33.2 Å². The van der Waals surface area contributed by atoms with Gasteiger partial charge in [-0.3, -0.25) is 4.79 Å². The minimum absolute atomic E-state index is 0.0698. The molecule has 0 fully saturated rings. The molecule has 0 spiro atoms. The highest BCUT2D eigenvalue weighted by atomic mass is 35.5. The number of hydrogen-bond donors (Lipinski definition) is 1. The zero-order chi connectivity index (χ0) is 21.8. The fraction of sp³-hybridized carbons (Fsp3) is 0.273. The monoisotopic (exact) mass is 426 g/mol. The van der Waals surface area contributed by atoms with Crippen molar-refractivity contribution in [3.63, 3.8) is 0 Å². The van der Waals surface area contributed by atoms with Gasteiger partial charge in [0.2, 0.25) is 0 Å². The lowest BCUT2D eigenvalue weighted by Crippen LogP contribution is -2.22. The molecule has 1 amide bonds. The fourth-order valence-corrected chi connectivity index (χ4v) is 3.31. The van der Waals surface area contributed by atoms with Crippen LogP contribution in [0.25, 0.3) is 5.82 Å². The van der Waals surface area contributed by atoms with E-state index in [1.54, 1.807) is 16.8 Å². The van der Waals surface area contributed by atoms with Crippen molar-refractivity contribution in [2.45, 2.75) is 34.1 Å². The minimum atomic E-state index is -0.779. The number of anilines is 1. The number of para-hydroxylation sites is 1. The molecule has 0 saturated carbocycles. The Morgan fingerprint density at radius 2 is 1.93 bits per heavy atom. The SMILES string of the molecule is CCc1cccc(C)c1NC(=O)COC(=O)c1nc(-n2nc(C)cc2C)ccc1Cl. The number of amides is 1. The first-order valence-corrected chi connectivity index (χ1v) is 9.93. The van der Waals surface area contributed by atoms with Gasteiger partial charge in [-0.05, 0) is 56.5 Å². The Labute approximate surface area is 180 Å². The van der Waals surface area contributed by atoms with Gasteiger partial charge in [-0.1, -0.05) is 36.7 Å². The number of hydrogen-bond acceptors (Lipinski definition) is 5. The smallest absolute Gasteiger partial charge is 0.359 e. The van der Waals surface area contributed by atoms with Crippen LogP contribution < -0.4 is 5.32 Å². The van der Waals surface area contributed by atoms with E-state index in [1.165, 1.54) is 0 Å². The second-order valence-corrected chi connectivity index (χ2v) is 7.33. The summed E-state index contributed by atoms with van der Waals surface area (Å²) in [7, 11) is 0. The molecule has 8 heteroatoms. The lowest BCUT2D eigenvalue weighted by molar-refractivity contribution is -0.119. The molecule has 0 atom stereocenters. The lowest BCUT2D eigenvalue weighted by Gasteiger charge is -2.13. The van der Waals surface area contributed by atoms with Crippen LogP contribution in [0.4, 0.5) is 5.69 Å². The molecule has 3 rings (SSSR count). The molecular weight excluding hydrogens is 404 g/mol. The van der Waals surface area contributed by atoms with Crippen LogP contribution in [0.2, 0.25) is 5.02 Å². The van der Waals surface area contributed by atoms with Crippen LogP contribution in [0.3, 0.4) is 0 Å². The van der Waals surface area contributed by atoms with Crippen LogP contribution in [0, 0.1) is 20.8 Å². The van der Waals surface area contributed by atoms with Gasteiger partial charge in [0.25, 0.3) is 5.91 Å². The zero-order valence-corrected chi connectivity index (χ0v) is 18.1. The standard InChI is InChI=1S/C22H23ClN4O3/c1-5-16-8-6-7-13(2)20(16)25-19(28)12-30-22(29)21-17(23)9-10-18(24-21)27-15(4)11-14(3)26-27/h6-11H,5,12H2,1-4H3,(H,25,28). The second-order valence-electron chi connectivity index (χ2n) is 6.93. The number of ether oxygens (including phenoxy) is 1. The van der Waals surface area contributed by atoms with Gasteiger partial charge in [-0.2, -0.15) is 5.10 Å². The van der Waals surface area contributed by atoms with Crippen molar-refractivity contribution in [2.24, 2.45) is 0 Å². The van der Waals surface area contributed by atoms with Gasteiger partial charge in [0.05, 0.1) is 10.7 Å². The van der Waals surface area contributed by atoms with E-state index in [1.807, 2.05) is 52.0 Å². The normalized spacial score (nSPS) is 10.7. The summed E-state index contributed by atoms with van der Waals surface area (Å²) in [6, 6.07) is 10.9. The van der Waals surface area contributed by atoms with E-state index in [-0.39, 0.29) is 10.7 Å². The summed E-state index contributed by atoms with van der Waals surface area (Å²) in [6.07, 6.45) is 0.774. The van der Waals surface area contributed by atoms with Gasteiger partial charge in [-0.25, -0.2) is 14.5 Å². The molecule has 0 aliphatic rings. The predicted octanol–water partition coefficient (Wildman–Crippen LogP) is 4.20. The van der Waals surface area contributed by atoms with Crippen molar-refractivity contribution in [1.29, 1.82) is 0 Å². The lowest BCUT2D eigenvalue weighted by atomic mass is 10.1. The first kappa shape index (κ1) is 21.5. The van der Waals surface area contributed by atoms with E-state index in [0.29, 0.717) is 5.82 Å². The molecule has 1 aromatic carbocycles. The number of nitrogens with one attached hydrogen (secondary N) is 1. The third-order valence-electron chi connectivity index (χ3n) is 4.59. The molecular formula is C22H23ClN4O3. The van der Waals surface area contributed by atoms with Crippen LogP contribution in [-0.2, 0) is 16.0 Å². The van der Waals surface area contributed by atoms with E-state index < -0.39 is 18.5 Å². The highest BCUT2D eigenvalue weighted by Crippen LogP contribution is 2.21. The summed E-state index contributed by atoms with van der Waals surface area (Å²) in [5.74, 6) is -0.772. The first-order valence-electron chi connectivity index (χ1n) is 9.55. The fourth-order valence-electron chi connectivity index (χ4n) is 3.13. The number of carbonyl (C=O) groups excluding carboxylic acids is 2. The largest absolute Gasteiger partial charge is 0.451 e. The highest BCUT2D eigenvalue weighted by molar-refractivity contribution is 6.33. The second kappa shape index (κ2) is 9.09. The van der Waals surface area contributed by atoms with Crippen molar-refractivity contribution in [1.82, 2.24) is 14.8 Å². The van der Waals surface area contributed by atoms with E-state index in [4.69, 9.17) is 16.3 Å². The summed E-state index contributed by atoms with van der Waals surface area (Å²) < 4.78 is 6.77. The number of pyridine rings is 1. The maximum absolute atomic E-state index is 12.5. The Balaban J connectivity index is 1.71. The van der Waals surface area contributed by atoms with Crippen molar-refractivity contribution in [3.8, 4) is 5.82 Å². The van der Waals surface area contributed by atoms with Crippen LogP contribution in [0.15, 0.2) is 36.4 Å². The maximum atomic E-state index is 12.5. The number of carbonyl (C=O) groups is 2. The molecule has 0 saturated heterocycles. The Kier molecular flexibility index (Phi) is 6.52. The summed E-state index contributed by atoms with van der Waals surface area (Å²) in [5, 5.41) is 7.30. The van der Waals surface area contributed by atoms with E-state index in [0.717, 1.165) is 34.6 Å². The van der Waals surface area contributed by atoms with E-state index in [2.05, 4.69) is 15.4 Å². The third-order valence-corrected chi connectivity index (χ3v) is 4.90. The van der Waals surface area contributed by atoms with Gasteiger partial charge >= 0.3 is 5.97 Å². The highest BCUT2D eigenvalue weighted by Gasteiger charge is 2.18. The van der Waals surface area contributed by atoms with Crippen LogP contribution in [0.1, 0.15) is 39.9 Å². The summed E-state index contributed by atoms with van der Waals surface area (Å²) in [4.78, 5) is 29.1. The van der Waals surface area contributed by atoms with Crippen LogP contribution >= 0.6 is 11.6 Å². The Bertz CT molecular complexity index is 1110. The number of aryl methyl sites for hydroxylation is 4. The first-order chi connectivity index (χ1) is 14.3. The topological polar surface area (TPSA) is 86.1 Å². The number of benzene rings is 1. The molecule has 0 aliphatic heterocycles. The van der Waals surface area contributed by atoms with Crippen molar-refractivity contribution < 1.29 is 14.3 Å². The molecule has 2 aromatic heterocycles. The quantitative estimate of drug-likeness (QED) is 0.597. The molecule has 0 bridgehead atoms. The molecule has 156 valence electrons. The van der Waals surface area contributed by atoms with Crippen molar-refractivity contribution in [2.75, 3.05) is 11.9 Å². The minimum Gasteiger partial charge on any atom is -0.451 e. The molecule has 0 radical (unpaired) electrons. The molecule has 1 N–H and O–H groups in total.